The monoisotopic (exact) mass is 429 g/mol. The van der Waals surface area contributed by atoms with Crippen molar-refractivity contribution in [3.63, 3.8) is 0 Å². The van der Waals surface area contributed by atoms with Crippen molar-refractivity contribution >= 4 is 27.3 Å². The minimum atomic E-state index is -3.64. The van der Waals surface area contributed by atoms with Crippen molar-refractivity contribution in [3.8, 4) is 10.6 Å². The van der Waals surface area contributed by atoms with Crippen LogP contribution in [-0.2, 0) is 21.4 Å². The molecule has 2 N–H and O–H groups in total. The van der Waals surface area contributed by atoms with Crippen LogP contribution in [0.5, 0.6) is 0 Å². The molecule has 1 aromatic heterocycles. The van der Waals surface area contributed by atoms with Crippen LogP contribution in [0.1, 0.15) is 23.2 Å². The summed E-state index contributed by atoms with van der Waals surface area (Å²) in [6.45, 7) is 3.94. The first-order valence-electron chi connectivity index (χ1n) is 9.18. The Kier molecular flexibility index (Phi) is 6.79. The molecule has 29 heavy (non-hydrogen) atoms. The number of amides is 1. The Morgan fingerprint density at radius 2 is 1.86 bits per heavy atom. The summed E-state index contributed by atoms with van der Waals surface area (Å²) in [6.07, 6.45) is 0.0553. The van der Waals surface area contributed by atoms with E-state index in [1.54, 1.807) is 19.1 Å². The molecule has 2 aromatic carbocycles. The summed E-state index contributed by atoms with van der Waals surface area (Å²) in [7, 11) is -3.64. The van der Waals surface area contributed by atoms with E-state index in [0.717, 1.165) is 21.8 Å². The summed E-state index contributed by atoms with van der Waals surface area (Å²) in [5, 5.41) is 5.59. The van der Waals surface area contributed by atoms with Crippen molar-refractivity contribution in [2.75, 3.05) is 6.54 Å². The third kappa shape index (κ3) is 5.72. The van der Waals surface area contributed by atoms with E-state index in [-0.39, 0.29) is 23.8 Å². The maximum Gasteiger partial charge on any atom is 0.240 e. The Labute approximate surface area is 175 Å². The smallest absolute Gasteiger partial charge is 0.240 e. The predicted molar refractivity (Wildman–Crippen MR) is 115 cm³/mol. The van der Waals surface area contributed by atoms with E-state index in [1.807, 2.05) is 48.7 Å². The largest absolute Gasteiger partial charge is 0.350 e. The molecule has 3 aromatic rings. The van der Waals surface area contributed by atoms with Gasteiger partial charge in [0.2, 0.25) is 15.9 Å². The average Bonchev–Trinajstić information content (AvgIpc) is 3.18. The Bertz CT molecular complexity index is 1090. The van der Waals surface area contributed by atoms with Gasteiger partial charge in [-0.2, -0.15) is 0 Å². The molecule has 3 rings (SSSR count). The van der Waals surface area contributed by atoms with Crippen LogP contribution >= 0.6 is 11.3 Å². The first kappa shape index (κ1) is 21.2. The van der Waals surface area contributed by atoms with E-state index in [1.165, 1.54) is 11.3 Å². The summed E-state index contributed by atoms with van der Waals surface area (Å²) in [6, 6.07) is 15.1. The predicted octanol–water partition coefficient (Wildman–Crippen LogP) is 3.41. The molecule has 0 spiro atoms. The highest BCUT2D eigenvalue weighted by Crippen LogP contribution is 2.23. The molecule has 0 saturated carbocycles. The number of nitrogens with one attached hydrogen (secondary N) is 2. The molecule has 0 unspecified atom stereocenters. The van der Waals surface area contributed by atoms with Crippen LogP contribution in [-0.4, -0.2) is 25.9 Å². The number of sulfonamides is 1. The Morgan fingerprint density at radius 1 is 1.10 bits per heavy atom. The second-order valence-corrected chi connectivity index (χ2v) is 9.30. The van der Waals surface area contributed by atoms with Crippen molar-refractivity contribution in [3.05, 3.63) is 70.7 Å². The van der Waals surface area contributed by atoms with Crippen molar-refractivity contribution < 1.29 is 13.2 Å². The zero-order valence-electron chi connectivity index (χ0n) is 16.3. The number of aryl methyl sites for hydroxylation is 2. The number of hydrogen-bond donors (Lipinski definition) is 2. The number of benzene rings is 2. The highest BCUT2D eigenvalue weighted by atomic mass is 32.2. The minimum absolute atomic E-state index is 0.0356. The van der Waals surface area contributed by atoms with E-state index in [4.69, 9.17) is 0 Å². The summed E-state index contributed by atoms with van der Waals surface area (Å²) in [5.74, 6) is -0.233. The van der Waals surface area contributed by atoms with Gasteiger partial charge in [-0.05, 0) is 31.0 Å². The normalized spacial score (nSPS) is 11.4. The Balaban J connectivity index is 1.48. The van der Waals surface area contributed by atoms with Gasteiger partial charge in [-0.1, -0.05) is 42.5 Å². The summed E-state index contributed by atoms with van der Waals surface area (Å²) < 4.78 is 27.4. The SMILES string of the molecule is Cc1ccc(C)c(S(=O)(=O)NCCC(=O)NCc2csc(-c3ccccc3)n2)c1. The van der Waals surface area contributed by atoms with Crippen LogP contribution in [0.25, 0.3) is 10.6 Å². The molecular formula is C21H23N3O3S2. The molecule has 1 heterocycles. The van der Waals surface area contributed by atoms with Crippen molar-refractivity contribution in [1.82, 2.24) is 15.0 Å². The van der Waals surface area contributed by atoms with Crippen molar-refractivity contribution in [1.29, 1.82) is 0 Å². The number of nitrogens with zero attached hydrogens (tertiary/aromatic N) is 1. The highest BCUT2D eigenvalue weighted by molar-refractivity contribution is 7.89. The van der Waals surface area contributed by atoms with Gasteiger partial charge < -0.3 is 5.32 Å². The fourth-order valence-electron chi connectivity index (χ4n) is 2.75. The first-order chi connectivity index (χ1) is 13.8. The fourth-order valence-corrected chi connectivity index (χ4v) is 4.94. The van der Waals surface area contributed by atoms with Gasteiger partial charge in [0.1, 0.15) is 5.01 Å². The average molecular weight is 430 g/mol. The second-order valence-electron chi connectivity index (χ2n) is 6.70. The third-order valence-electron chi connectivity index (χ3n) is 4.32. The molecule has 152 valence electrons. The molecule has 0 aliphatic rings. The number of thiazole rings is 1. The van der Waals surface area contributed by atoms with Crippen LogP contribution in [0.4, 0.5) is 0 Å². The van der Waals surface area contributed by atoms with Crippen LogP contribution in [0.15, 0.2) is 58.8 Å². The molecule has 0 saturated heterocycles. The molecule has 6 nitrogen and oxygen atoms in total. The van der Waals surface area contributed by atoms with Crippen molar-refractivity contribution in [2.24, 2.45) is 0 Å². The molecule has 0 aliphatic carbocycles. The Morgan fingerprint density at radius 3 is 2.62 bits per heavy atom. The van der Waals surface area contributed by atoms with Crippen LogP contribution < -0.4 is 10.0 Å². The molecule has 8 heteroatoms. The maximum atomic E-state index is 12.5. The molecule has 0 aliphatic heterocycles. The minimum Gasteiger partial charge on any atom is -0.350 e. The lowest BCUT2D eigenvalue weighted by Gasteiger charge is -2.10. The second kappa shape index (κ2) is 9.30. The quantitative estimate of drug-likeness (QED) is 0.574. The van der Waals surface area contributed by atoms with E-state index < -0.39 is 10.0 Å². The van der Waals surface area contributed by atoms with E-state index >= 15 is 0 Å². The number of carbonyl (C=O) groups excluding carboxylic acids is 1. The lowest BCUT2D eigenvalue weighted by molar-refractivity contribution is -0.121. The van der Waals surface area contributed by atoms with Crippen molar-refractivity contribution in [2.45, 2.75) is 31.7 Å². The summed E-state index contributed by atoms with van der Waals surface area (Å²) in [5.41, 5.74) is 3.35. The lowest BCUT2D eigenvalue weighted by atomic mass is 10.2. The molecule has 0 radical (unpaired) electrons. The molecule has 1 amide bonds. The highest BCUT2D eigenvalue weighted by Gasteiger charge is 2.17. The maximum absolute atomic E-state index is 12.5. The zero-order valence-corrected chi connectivity index (χ0v) is 17.9. The van der Waals surface area contributed by atoms with Crippen LogP contribution in [0.3, 0.4) is 0 Å². The lowest BCUT2D eigenvalue weighted by Crippen LogP contribution is -2.31. The molecule has 0 bridgehead atoms. The molecule has 0 atom stereocenters. The number of aromatic nitrogens is 1. The first-order valence-corrected chi connectivity index (χ1v) is 11.5. The fraction of sp³-hybridized carbons (Fsp3) is 0.238. The number of rotatable bonds is 8. The van der Waals surface area contributed by atoms with E-state index in [2.05, 4.69) is 15.0 Å². The topological polar surface area (TPSA) is 88.2 Å². The van der Waals surface area contributed by atoms with Gasteiger partial charge in [-0.15, -0.1) is 11.3 Å². The number of carbonyl (C=O) groups is 1. The van der Waals surface area contributed by atoms with Gasteiger partial charge in [-0.3, -0.25) is 4.79 Å². The third-order valence-corrected chi connectivity index (χ3v) is 6.86. The Hall–Kier alpha value is -2.55. The zero-order chi connectivity index (χ0) is 20.9. The van der Waals surface area contributed by atoms with Gasteiger partial charge in [0.25, 0.3) is 0 Å². The van der Waals surface area contributed by atoms with Crippen LogP contribution in [0, 0.1) is 13.8 Å². The molecular weight excluding hydrogens is 406 g/mol. The van der Waals surface area contributed by atoms with Gasteiger partial charge in [0.05, 0.1) is 17.1 Å². The number of hydrogen-bond acceptors (Lipinski definition) is 5. The standard InChI is InChI=1S/C21H23N3O3S2/c1-15-8-9-16(2)19(12-15)29(26,27)23-11-10-20(25)22-13-18-14-28-21(24-18)17-6-4-3-5-7-17/h3-9,12,14,23H,10-11,13H2,1-2H3,(H,22,25). The summed E-state index contributed by atoms with van der Waals surface area (Å²) in [4.78, 5) is 16.8. The van der Waals surface area contributed by atoms with Gasteiger partial charge in [0, 0.05) is 23.9 Å². The van der Waals surface area contributed by atoms with Gasteiger partial charge >= 0.3 is 0 Å². The molecule has 0 fully saturated rings. The van der Waals surface area contributed by atoms with Gasteiger partial charge in [0.15, 0.2) is 0 Å². The van der Waals surface area contributed by atoms with Gasteiger partial charge in [-0.25, -0.2) is 18.1 Å². The van der Waals surface area contributed by atoms with E-state index in [0.29, 0.717) is 12.1 Å². The van der Waals surface area contributed by atoms with E-state index in [9.17, 15) is 13.2 Å². The van der Waals surface area contributed by atoms with Crippen LogP contribution in [0.2, 0.25) is 0 Å². The summed E-state index contributed by atoms with van der Waals surface area (Å²) >= 11 is 1.52.